The molecule has 0 spiro atoms. The molecular formula is C54H65F3N8O9S. The highest BCUT2D eigenvalue weighted by molar-refractivity contribution is 7.13. The second-order valence-electron chi connectivity index (χ2n) is 20.7. The van der Waals surface area contributed by atoms with Crippen LogP contribution < -0.4 is 25.2 Å². The number of aryl methyl sites for hydroxylation is 1. The number of imide groups is 1. The average Bonchev–Trinajstić information content (AvgIpc) is 4.03. The highest BCUT2D eigenvalue weighted by atomic mass is 32.1. The van der Waals surface area contributed by atoms with Crippen molar-refractivity contribution in [3.8, 4) is 22.3 Å². The fraction of sp³-hybridized carbons (Fsp3) is 0.500. The SMILES string of the molecule is Cc1ncsc1-c1ccc([C@H](C)NC(=O)[C@@H]2C[C@@H](O)CN2C(=O)C(NC(=O)CN2CCO[C@H](COCCCCCOc3ccc(N4C(=O)N(c5ccc(C#N)c(C(F)(F)F)c5)C(=O)C4(C)C)cc3)C2)C(C)(C)C)cc1. The van der Waals surface area contributed by atoms with E-state index >= 15 is 0 Å². The lowest BCUT2D eigenvalue weighted by atomic mass is 9.85. The van der Waals surface area contributed by atoms with E-state index in [0.717, 1.165) is 46.7 Å². The van der Waals surface area contributed by atoms with E-state index < -0.39 is 64.3 Å². The summed E-state index contributed by atoms with van der Waals surface area (Å²) in [5.41, 5.74) is 0.709. The number of rotatable bonds is 19. The summed E-state index contributed by atoms with van der Waals surface area (Å²) in [7, 11) is 0. The Kier molecular flexibility index (Phi) is 17.7. The summed E-state index contributed by atoms with van der Waals surface area (Å²) >= 11 is 1.56. The number of aliphatic hydroxyl groups excluding tert-OH is 1. The number of alkyl halides is 3. The minimum atomic E-state index is -4.87. The number of unbranched alkanes of at least 4 members (excludes halogenated alkanes) is 2. The molecule has 75 heavy (non-hydrogen) atoms. The average molecular weight is 1060 g/mol. The first-order chi connectivity index (χ1) is 35.5. The molecule has 3 aromatic carbocycles. The van der Waals surface area contributed by atoms with Crippen molar-refractivity contribution in [1.82, 2.24) is 25.4 Å². The van der Waals surface area contributed by atoms with Crippen LogP contribution in [0.3, 0.4) is 0 Å². The number of halogens is 3. The van der Waals surface area contributed by atoms with Gasteiger partial charge >= 0.3 is 12.2 Å². The zero-order valence-corrected chi connectivity index (χ0v) is 44.1. The molecule has 7 rings (SSSR count). The second-order valence-corrected chi connectivity index (χ2v) is 21.6. The number of benzene rings is 3. The van der Waals surface area contributed by atoms with E-state index in [-0.39, 0.29) is 49.2 Å². The molecule has 1 aromatic heterocycles. The molecule has 0 bridgehead atoms. The summed E-state index contributed by atoms with van der Waals surface area (Å²) in [5.74, 6) is -1.38. The molecule has 3 fully saturated rings. The van der Waals surface area contributed by atoms with Crippen LogP contribution in [-0.2, 0) is 34.8 Å². The van der Waals surface area contributed by atoms with Crippen molar-refractivity contribution in [3.63, 3.8) is 0 Å². The standard InChI is InChI=1S/C54H65F3N8O9S/c1-33(35-11-13-36(14-12-35)46-34(2)59-32-75-46)60-48(68)44-26-40(66)28-63(44)49(69)47(52(3,4)5)61-45(67)30-62-21-24-74-42(29-62)31-72-22-9-8-10-23-73-41-19-17-38(18-20-41)65-51(71)64(50(70)53(65,6)7)39-16-15-37(27-58)43(25-39)54(55,56)57/h11-20,25,32-33,40,42,44,47,66H,8-10,21-24,26,28-31H2,1-7H3,(H,60,68)(H,61,67)/t33-,40+,42-,44-,47?/m0/s1. The Bertz CT molecular complexity index is 2740. The molecule has 3 aliphatic rings. The van der Waals surface area contributed by atoms with E-state index in [2.05, 4.69) is 15.6 Å². The third-order valence-electron chi connectivity index (χ3n) is 13.6. The van der Waals surface area contributed by atoms with E-state index in [4.69, 9.17) is 14.2 Å². The number of nitriles is 1. The number of aromatic nitrogens is 1. The number of carbonyl (C=O) groups is 5. The number of nitrogens with one attached hydrogen (secondary N) is 2. The van der Waals surface area contributed by atoms with Gasteiger partial charge in [0.05, 0.1) is 83.6 Å². The molecule has 0 aliphatic carbocycles. The molecule has 4 heterocycles. The van der Waals surface area contributed by atoms with Gasteiger partial charge in [0.15, 0.2) is 0 Å². The van der Waals surface area contributed by atoms with Gasteiger partial charge in [-0.1, -0.05) is 45.0 Å². The molecule has 402 valence electrons. The van der Waals surface area contributed by atoms with E-state index in [1.165, 1.54) is 29.7 Å². The largest absolute Gasteiger partial charge is 0.494 e. The summed E-state index contributed by atoms with van der Waals surface area (Å²) in [6.07, 6.45) is -3.70. The summed E-state index contributed by atoms with van der Waals surface area (Å²) in [6, 6.07) is 15.5. The number of thiazole rings is 1. The summed E-state index contributed by atoms with van der Waals surface area (Å²) in [5, 5.41) is 25.9. The molecule has 17 nitrogen and oxygen atoms in total. The zero-order chi connectivity index (χ0) is 54.4. The van der Waals surface area contributed by atoms with Crippen LogP contribution in [0.2, 0.25) is 0 Å². The van der Waals surface area contributed by atoms with Crippen LogP contribution in [0.1, 0.15) is 95.7 Å². The van der Waals surface area contributed by atoms with Crippen LogP contribution in [0.25, 0.3) is 10.4 Å². The lowest BCUT2D eigenvalue weighted by Crippen LogP contribution is -2.59. The fourth-order valence-electron chi connectivity index (χ4n) is 9.49. The second kappa shape index (κ2) is 23.6. The number of β-amino-alcohol motifs (C(OH)–C–C–N with tert-alkyl or cyclic N) is 1. The minimum Gasteiger partial charge on any atom is -0.494 e. The first kappa shape index (κ1) is 56.3. The molecule has 0 saturated carbocycles. The predicted octanol–water partition coefficient (Wildman–Crippen LogP) is 7.40. The van der Waals surface area contributed by atoms with Gasteiger partial charge < -0.3 is 34.9 Å². The van der Waals surface area contributed by atoms with E-state index in [0.29, 0.717) is 68.3 Å². The number of hydrogen-bond donors (Lipinski definition) is 3. The molecule has 6 amide bonds. The van der Waals surface area contributed by atoms with Gasteiger partial charge in [-0.05, 0) is 106 Å². The molecular weight excluding hydrogens is 994 g/mol. The topological polar surface area (TPSA) is 207 Å². The molecule has 3 N–H and O–H groups in total. The maximum absolute atomic E-state index is 14.2. The Balaban J connectivity index is 0.813. The molecule has 3 aliphatic heterocycles. The van der Waals surface area contributed by atoms with Gasteiger partial charge in [-0.2, -0.15) is 18.4 Å². The van der Waals surface area contributed by atoms with Gasteiger partial charge in [0, 0.05) is 38.3 Å². The first-order valence-electron chi connectivity index (χ1n) is 25.0. The van der Waals surface area contributed by atoms with Crippen molar-refractivity contribution in [1.29, 1.82) is 5.26 Å². The third-order valence-corrected chi connectivity index (χ3v) is 14.6. The number of carbonyl (C=O) groups excluding carboxylic acids is 5. The normalized spacial score (nSPS) is 20.0. The van der Waals surface area contributed by atoms with Gasteiger partial charge in [0.25, 0.3) is 5.91 Å². The first-order valence-corrected chi connectivity index (χ1v) is 25.9. The predicted molar refractivity (Wildman–Crippen MR) is 275 cm³/mol. The number of anilines is 2. The summed E-state index contributed by atoms with van der Waals surface area (Å²) in [4.78, 5) is 79.3. The Hall–Kier alpha value is -6.44. The highest BCUT2D eigenvalue weighted by Gasteiger charge is 2.53. The number of urea groups is 1. The Labute approximate surface area is 438 Å². The number of amides is 6. The molecule has 0 radical (unpaired) electrons. The molecule has 1 unspecified atom stereocenters. The Morgan fingerprint density at radius 2 is 1.67 bits per heavy atom. The number of aliphatic hydroxyl groups is 1. The Morgan fingerprint density at radius 3 is 2.32 bits per heavy atom. The fourth-order valence-corrected chi connectivity index (χ4v) is 10.3. The number of ether oxygens (including phenoxy) is 3. The third kappa shape index (κ3) is 13.3. The number of likely N-dealkylation sites (tertiary alicyclic amines) is 1. The van der Waals surface area contributed by atoms with E-state index in [1.807, 2.05) is 63.8 Å². The summed E-state index contributed by atoms with van der Waals surface area (Å²) in [6.45, 7) is 14.9. The van der Waals surface area contributed by atoms with Crippen molar-refractivity contribution in [3.05, 3.63) is 94.6 Å². The quantitative estimate of drug-likeness (QED) is 0.0621. The monoisotopic (exact) mass is 1060 g/mol. The van der Waals surface area contributed by atoms with E-state index in [1.54, 1.807) is 41.1 Å². The highest BCUT2D eigenvalue weighted by Crippen LogP contribution is 2.40. The van der Waals surface area contributed by atoms with Crippen molar-refractivity contribution >= 4 is 52.4 Å². The zero-order valence-electron chi connectivity index (χ0n) is 43.2. The van der Waals surface area contributed by atoms with Crippen molar-refractivity contribution in [2.24, 2.45) is 5.41 Å². The molecule has 5 atom stereocenters. The Morgan fingerprint density at radius 1 is 0.973 bits per heavy atom. The van der Waals surface area contributed by atoms with Crippen LogP contribution in [-0.4, -0.2) is 132 Å². The van der Waals surface area contributed by atoms with Gasteiger partial charge in [0.1, 0.15) is 23.4 Å². The van der Waals surface area contributed by atoms with Crippen LogP contribution in [0.5, 0.6) is 5.75 Å². The number of nitrogens with zero attached hydrogens (tertiary/aromatic N) is 6. The van der Waals surface area contributed by atoms with Gasteiger partial charge in [-0.3, -0.25) is 29.0 Å². The van der Waals surface area contributed by atoms with E-state index in [9.17, 15) is 47.5 Å². The van der Waals surface area contributed by atoms with Crippen molar-refractivity contribution < 1.29 is 56.5 Å². The molecule has 3 saturated heterocycles. The van der Waals surface area contributed by atoms with Crippen LogP contribution in [0.4, 0.5) is 29.3 Å². The molecule has 21 heteroatoms. The van der Waals surface area contributed by atoms with Crippen LogP contribution in [0.15, 0.2) is 72.2 Å². The maximum atomic E-state index is 14.2. The maximum Gasteiger partial charge on any atom is 0.417 e. The minimum absolute atomic E-state index is 0.0232. The van der Waals surface area contributed by atoms with Gasteiger partial charge in [0.2, 0.25) is 17.7 Å². The molecule has 4 aromatic rings. The lowest BCUT2D eigenvalue weighted by molar-refractivity contribution is -0.144. The van der Waals surface area contributed by atoms with Crippen LogP contribution in [0, 0.1) is 23.7 Å². The van der Waals surface area contributed by atoms with Gasteiger partial charge in [-0.15, -0.1) is 11.3 Å². The van der Waals surface area contributed by atoms with Crippen molar-refractivity contribution in [2.45, 2.75) is 116 Å². The van der Waals surface area contributed by atoms with Gasteiger partial charge in [-0.25, -0.2) is 14.7 Å². The number of morpholine rings is 1. The smallest absolute Gasteiger partial charge is 0.417 e. The van der Waals surface area contributed by atoms with Crippen LogP contribution >= 0.6 is 11.3 Å². The summed E-state index contributed by atoms with van der Waals surface area (Å²) < 4.78 is 58.9. The van der Waals surface area contributed by atoms with Crippen molar-refractivity contribution in [2.75, 3.05) is 62.4 Å². The number of hydrogen-bond acceptors (Lipinski definition) is 13. The lowest BCUT2D eigenvalue weighted by Gasteiger charge is -2.37.